The molecule has 0 spiro atoms. The molecule has 0 unspecified atom stereocenters. The number of amides is 1. The minimum absolute atomic E-state index is 0.178. The molecule has 0 aliphatic heterocycles. The third-order valence-electron chi connectivity index (χ3n) is 3.89. The molecule has 142 valence electrons. The number of aryl methyl sites for hydroxylation is 1. The van der Waals surface area contributed by atoms with Gasteiger partial charge in [0.25, 0.3) is 5.91 Å². The third-order valence-corrected chi connectivity index (χ3v) is 4.76. The van der Waals surface area contributed by atoms with Crippen molar-refractivity contribution in [3.05, 3.63) is 70.1 Å². The second-order valence-electron chi connectivity index (χ2n) is 6.03. The van der Waals surface area contributed by atoms with Gasteiger partial charge in [0.1, 0.15) is 17.4 Å². The van der Waals surface area contributed by atoms with Crippen molar-refractivity contribution in [3.63, 3.8) is 0 Å². The normalized spacial score (nSPS) is 10.7. The maximum atomic E-state index is 12.6. The summed E-state index contributed by atoms with van der Waals surface area (Å²) in [5.41, 5.74) is 1.97. The third kappa shape index (κ3) is 5.42. The summed E-state index contributed by atoms with van der Waals surface area (Å²) in [6.07, 6.45) is 1.49. The van der Waals surface area contributed by atoms with Gasteiger partial charge in [0.15, 0.2) is 5.76 Å². The standard InChI is InChI=1S/C20H22N2O4S/c1-15-5-3-6-17(11-15)26-13-19-21-16(14-27-19)12-22(8-10-24-2)20(23)18-7-4-9-25-18/h3-7,9,11,14H,8,10,12-13H2,1-2H3. The number of benzene rings is 1. The van der Waals surface area contributed by atoms with E-state index >= 15 is 0 Å². The maximum Gasteiger partial charge on any atom is 0.289 e. The summed E-state index contributed by atoms with van der Waals surface area (Å²) in [6.45, 7) is 3.73. The van der Waals surface area contributed by atoms with E-state index in [4.69, 9.17) is 13.9 Å². The second kappa shape index (κ2) is 9.34. The van der Waals surface area contributed by atoms with E-state index in [1.807, 2.05) is 36.6 Å². The van der Waals surface area contributed by atoms with Crippen molar-refractivity contribution in [1.82, 2.24) is 9.88 Å². The molecule has 6 nitrogen and oxygen atoms in total. The number of carbonyl (C=O) groups excluding carboxylic acids is 1. The van der Waals surface area contributed by atoms with E-state index in [9.17, 15) is 4.79 Å². The van der Waals surface area contributed by atoms with Gasteiger partial charge in [0, 0.05) is 19.0 Å². The molecule has 0 radical (unpaired) electrons. The van der Waals surface area contributed by atoms with Gasteiger partial charge in [-0.3, -0.25) is 4.79 Å². The number of hydrogen-bond acceptors (Lipinski definition) is 6. The van der Waals surface area contributed by atoms with Crippen molar-refractivity contribution in [2.45, 2.75) is 20.1 Å². The first-order valence-electron chi connectivity index (χ1n) is 8.60. The Balaban J connectivity index is 1.62. The molecule has 1 amide bonds. The van der Waals surface area contributed by atoms with Gasteiger partial charge in [-0.25, -0.2) is 4.98 Å². The first-order chi connectivity index (χ1) is 13.2. The maximum absolute atomic E-state index is 12.6. The van der Waals surface area contributed by atoms with Crippen LogP contribution in [-0.4, -0.2) is 36.1 Å². The Morgan fingerprint density at radius 2 is 2.19 bits per heavy atom. The van der Waals surface area contributed by atoms with Crippen molar-refractivity contribution in [3.8, 4) is 5.75 Å². The highest BCUT2D eigenvalue weighted by Crippen LogP contribution is 2.18. The van der Waals surface area contributed by atoms with E-state index in [0.717, 1.165) is 22.0 Å². The molecule has 0 aliphatic rings. The molecule has 0 fully saturated rings. The lowest BCUT2D eigenvalue weighted by Gasteiger charge is -2.20. The summed E-state index contributed by atoms with van der Waals surface area (Å²) in [5, 5.41) is 2.81. The molecule has 0 atom stereocenters. The Morgan fingerprint density at radius 1 is 1.30 bits per heavy atom. The van der Waals surface area contributed by atoms with Crippen molar-refractivity contribution in [1.29, 1.82) is 0 Å². The van der Waals surface area contributed by atoms with Crippen molar-refractivity contribution in [2.24, 2.45) is 0 Å². The first-order valence-corrected chi connectivity index (χ1v) is 9.48. The van der Waals surface area contributed by atoms with Crippen LogP contribution in [0.4, 0.5) is 0 Å². The van der Waals surface area contributed by atoms with E-state index in [-0.39, 0.29) is 5.91 Å². The summed E-state index contributed by atoms with van der Waals surface area (Å²) in [6, 6.07) is 11.3. The van der Waals surface area contributed by atoms with E-state index in [1.54, 1.807) is 24.1 Å². The average Bonchev–Trinajstić information content (AvgIpc) is 3.35. The number of rotatable bonds is 9. The van der Waals surface area contributed by atoms with Crippen molar-refractivity contribution < 1.29 is 18.7 Å². The van der Waals surface area contributed by atoms with Gasteiger partial charge in [-0.1, -0.05) is 12.1 Å². The van der Waals surface area contributed by atoms with Gasteiger partial charge in [-0.15, -0.1) is 11.3 Å². The fraction of sp³-hybridized carbons (Fsp3) is 0.300. The second-order valence-corrected chi connectivity index (χ2v) is 6.98. The van der Waals surface area contributed by atoms with Gasteiger partial charge in [0.05, 0.1) is 25.1 Å². The van der Waals surface area contributed by atoms with Crippen molar-refractivity contribution >= 4 is 17.2 Å². The molecule has 1 aromatic carbocycles. The summed E-state index contributed by atoms with van der Waals surface area (Å²) in [7, 11) is 1.61. The lowest BCUT2D eigenvalue weighted by atomic mass is 10.2. The zero-order chi connectivity index (χ0) is 19.1. The summed E-state index contributed by atoms with van der Waals surface area (Å²) < 4.78 is 16.1. The number of ether oxygens (including phenoxy) is 2. The number of hydrogen-bond donors (Lipinski definition) is 0. The highest BCUT2D eigenvalue weighted by molar-refractivity contribution is 7.09. The molecule has 0 N–H and O–H groups in total. The summed E-state index contributed by atoms with van der Waals surface area (Å²) in [5.74, 6) is 0.952. The average molecular weight is 386 g/mol. The highest BCUT2D eigenvalue weighted by Gasteiger charge is 2.19. The highest BCUT2D eigenvalue weighted by atomic mass is 32.1. The summed E-state index contributed by atoms with van der Waals surface area (Å²) >= 11 is 1.52. The molecule has 2 heterocycles. The molecular formula is C20H22N2O4S. The zero-order valence-electron chi connectivity index (χ0n) is 15.4. The van der Waals surface area contributed by atoms with Crippen LogP contribution in [0.15, 0.2) is 52.5 Å². The molecule has 0 bridgehead atoms. The Bertz CT molecular complexity index is 861. The predicted molar refractivity (Wildman–Crippen MR) is 103 cm³/mol. The van der Waals surface area contributed by atoms with Crippen LogP contribution < -0.4 is 4.74 Å². The van der Waals surface area contributed by atoms with Gasteiger partial charge in [0.2, 0.25) is 0 Å². The molecule has 27 heavy (non-hydrogen) atoms. The number of carbonyl (C=O) groups is 1. The zero-order valence-corrected chi connectivity index (χ0v) is 16.2. The summed E-state index contributed by atoms with van der Waals surface area (Å²) in [4.78, 5) is 18.8. The van der Waals surface area contributed by atoms with Crippen LogP contribution >= 0.6 is 11.3 Å². The predicted octanol–water partition coefficient (Wildman–Crippen LogP) is 3.91. The van der Waals surface area contributed by atoms with E-state index in [1.165, 1.54) is 17.6 Å². The van der Waals surface area contributed by atoms with Gasteiger partial charge < -0.3 is 18.8 Å². The molecule has 2 aromatic heterocycles. The lowest BCUT2D eigenvalue weighted by Crippen LogP contribution is -2.33. The first kappa shape index (κ1) is 19.1. The van der Waals surface area contributed by atoms with Crippen LogP contribution in [-0.2, 0) is 17.9 Å². The van der Waals surface area contributed by atoms with Crippen LogP contribution in [0.3, 0.4) is 0 Å². The molecule has 0 saturated carbocycles. The van der Waals surface area contributed by atoms with Crippen molar-refractivity contribution in [2.75, 3.05) is 20.3 Å². The Hall–Kier alpha value is -2.64. The van der Waals surface area contributed by atoms with Crippen LogP contribution in [0.5, 0.6) is 5.75 Å². The number of nitrogens with zero attached hydrogens (tertiary/aromatic N) is 2. The van der Waals surface area contributed by atoms with Crippen LogP contribution in [0, 0.1) is 6.92 Å². The van der Waals surface area contributed by atoms with E-state index in [2.05, 4.69) is 4.98 Å². The minimum Gasteiger partial charge on any atom is -0.486 e. The van der Waals surface area contributed by atoms with E-state index in [0.29, 0.717) is 32.1 Å². The van der Waals surface area contributed by atoms with Crippen LogP contribution in [0.2, 0.25) is 0 Å². The largest absolute Gasteiger partial charge is 0.486 e. The van der Waals surface area contributed by atoms with E-state index < -0.39 is 0 Å². The van der Waals surface area contributed by atoms with Gasteiger partial charge in [-0.05, 0) is 36.8 Å². The minimum atomic E-state index is -0.178. The number of thiazole rings is 1. The molecule has 3 aromatic rings. The smallest absolute Gasteiger partial charge is 0.289 e. The molecule has 0 saturated heterocycles. The van der Waals surface area contributed by atoms with Crippen LogP contribution in [0.25, 0.3) is 0 Å². The van der Waals surface area contributed by atoms with Gasteiger partial charge >= 0.3 is 0 Å². The Kier molecular flexibility index (Phi) is 6.62. The van der Waals surface area contributed by atoms with Crippen LogP contribution in [0.1, 0.15) is 26.8 Å². The molecule has 7 heteroatoms. The SMILES string of the molecule is COCCN(Cc1csc(COc2cccc(C)c2)n1)C(=O)c1ccco1. The molecule has 3 rings (SSSR count). The monoisotopic (exact) mass is 386 g/mol. The molecule has 0 aliphatic carbocycles. The molecular weight excluding hydrogens is 364 g/mol. The number of methoxy groups -OCH3 is 1. The fourth-order valence-electron chi connectivity index (χ4n) is 2.54. The quantitative estimate of drug-likeness (QED) is 0.558. The lowest BCUT2D eigenvalue weighted by molar-refractivity contribution is 0.0647. The fourth-order valence-corrected chi connectivity index (χ4v) is 3.24. The Labute approximate surface area is 162 Å². The topological polar surface area (TPSA) is 64.8 Å². The number of aromatic nitrogens is 1. The number of furan rings is 1. The van der Waals surface area contributed by atoms with Gasteiger partial charge in [-0.2, -0.15) is 0 Å². The Morgan fingerprint density at radius 3 is 2.93 bits per heavy atom.